The van der Waals surface area contributed by atoms with Gasteiger partial charge in [-0.05, 0) is 43.9 Å². The molecule has 5 nitrogen and oxygen atoms in total. The van der Waals surface area contributed by atoms with Crippen molar-refractivity contribution in [3.63, 3.8) is 0 Å². The van der Waals surface area contributed by atoms with Crippen LogP contribution in [0.4, 0.5) is 0 Å². The van der Waals surface area contributed by atoms with E-state index in [1.807, 2.05) is 16.7 Å². The number of amides is 2. The maximum atomic E-state index is 12.9. The van der Waals surface area contributed by atoms with Gasteiger partial charge in [-0.15, -0.1) is 12.4 Å². The molecule has 1 aliphatic carbocycles. The second-order valence-corrected chi connectivity index (χ2v) is 6.86. The van der Waals surface area contributed by atoms with Gasteiger partial charge in [0.1, 0.15) is 6.04 Å². The number of hydrogen-bond acceptors (Lipinski definition) is 3. The molecule has 2 aliphatic heterocycles. The average Bonchev–Trinajstić information content (AvgIpc) is 3.08. The summed E-state index contributed by atoms with van der Waals surface area (Å²) in [5, 5.41) is 0. The van der Waals surface area contributed by atoms with E-state index in [9.17, 15) is 9.59 Å². The topological polar surface area (TPSA) is 66.6 Å². The van der Waals surface area contributed by atoms with Gasteiger partial charge in [-0.1, -0.05) is 6.92 Å². The summed E-state index contributed by atoms with van der Waals surface area (Å²) in [6.07, 6.45) is 5.62. The maximum Gasteiger partial charge on any atom is 0.245 e. The molecule has 4 atom stereocenters. The van der Waals surface area contributed by atoms with Gasteiger partial charge in [0.15, 0.2) is 0 Å². The van der Waals surface area contributed by atoms with Gasteiger partial charge in [0.25, 0.3) is 0 Å². The van der Waals surface area contributed by atoms with Crippen LogP contribution in [0.3, 0.4) is 0 Å². The standard InChI is InChI=1S/C16H27N3O2.ClH/c1-2-15(20)19-8-4-3-5-14(19)16(21)18-9-11-6-7-13(17)12(11)10-18;/h11-14H,2-10,17H2,1H3;1H. The van der Waals surface area contributed by atoms with E-state index in [0.29, 0.717) is 18.3 Å². The Morgan fingerprint density at radius 1 is 1.14 bits per heavy atom. The van der Waals surface area contributed by atoms with Crippen LogP contribution >= 0.6 is 12.4 Å². The van der Waals surface area contributed by atoms with E-state index in [0.717, 1.165) is 51.7 Å². The number of nitrogens with two attached hydrogens (primary N) is 1. The molecule has 3 fully saturated rings. The van der Waals surface area contributed by atoms with Crippen LogP contribution < -0.4 is 5.73 Å². The number of likely N-dealkylation sites (tertiary alicyclic amines) is 2. The van der Waals surface area contributed by atoms with Crippen molar-refractivity contribution in [2.45, 2.75) is 57.5 Å². The Labute approximate surface area is 139 Å². The molecule has 6 heteroatoms. The van der Waals surface area contributed by atoms with Crippen LogP contribution in [0.15, 0.2) is 0 Å². The summed E-state index contributed by atoms with van der Waals surface area (Å²) in [6, 6.07) is 0.0359. The summed E-state index contributed by atoms with van der Waals surface area (Å²) < 4.78 is 0. The van der Waals surface area contributed by atoms with Crippen molar-refractivity contribution in [1.82, 2.24) is 9.80 Å². The molecule has 0 aromatic carbocycles. The summed E-state index contributed by atoms with van der Waals surface area (Å²) in [6.45, 7) is 4.26. The Bertz CT molecular complexity index is 432. The van der Waals surface area contributed by atoms with Gasteiger partial charge in [0.05, 0.1) is 0 Å². The molecule has 2 saturated heterocycles. The Hall–Kier alpha value is -0.810. The average molecular weight is 330 g/mol. The quantitative estimate of drug-likeness (QED) is 0.832. The van der Waals surface area contributed by atoms with Gasteiger partial charge < -0.3 is 15.5 Å². The van der Waals surface area contributed by atoms with E-state index in [2.05, 4.69) is 0 Å². The van der Waals surface area contributed by atoms with Crippen LogP contribution in [-0.2, 0) is 9.59 Å². The van der Waals surface area contributed by atoms with Crippen LogP contribution in [-0.4, -0.2) is 53.3 Å². The van der Waals surface area contributed by atoms with Crippen molar-refractivity contribution in [2.24, 2.45) is 17.6 Å². The molecule has 3 aliphatic rings. The number of nitrogens with zero attached hydrogens (tertiary/aromatic N) is 2. The highest BCUT2D eigenvalue weighted by Gasteiger charge is 2.44. The van der Waals surface area contributed by atoms with Crippen LogP contribution in [0.5, 0.6) is 0 Å². The van der Waals surface area contributed by atoms with Gasteiger partial charge in [0, 0.05) is 32.1 Å². The van der Waals surface area contributed by atoms with E-state index < -0.39 is 0 Å². The van der Waals surface area contributed by atoms with E-state index >= 15 is 0 Å². The third-order valence-corrected chi connectivity index (χ3v) is 5.63. The molecule has 0 bridgehead atoms. The van der Waals surface area contributed by atoms with Gasteiger partial charge >= 0.3 is 0 Å². The van der Waals surface area contributed by atoms with E-state index in [4.69, 9.17) is 5.73 Å². The molecule has 1 saturated carbocycles. The van der Waals surface area contributed by atoms with Crippen molar-refractivity contribution < 1.29 is 9.59 Å². The van der Waals surface area contributed by atoms with Crippen LogP contribution in [0, 0.1) is 11.8 Å². The molecule has 0 radical (unpaired) electrons. The fourth-order valence-corrected chi connectivity index (χ4v) is 4.39. The minimum absolute atomic E-state index is 0. The molecule has 0 aromatic heterocycles. The minimum atomic E-state index is -0.221. The molecular weight excluding hydrogens is 302 g/mol. The summed E-state index contributed by atoms with van der Waals surface area (Å²) in [4.78, 5) is 28.7. The van der Waals surface area contributed by atoms with Crippen molar-refractivity contribution in [3.05, 3.63) is 0 Å². The summed E-state index contributed by atoms with van der Waals surface area (Å²) in [7, 11) is 0. The van der Waals surface area contributed by atoms with E-state index in [1.165, 1.54) is 0 Å². The molecule has 126 valence electrons. The lowest BCUT2D eigenvalue weighted by atomic mass is 9.98. The fraction of sp³-hybridized carbons (Fsp3) is 0.875. The zero-order valence-corrected chi connectivity index (χ0v) is 14.2. The Kier molecular flexibility index (Phi) is 5.72. The molecule has 22 heavy (non-hydrogen) atoms. The summed E-state index contributed by atoms with van der Waals surface area (Å²) >= 11 is 0. The fourth-order valence-electron chi connectivity index (χ4n) is 4.39. The highest BCUT2D eigenvalue weighted by Crippen LogP contribution is 2.37. The molecule has 2 heterocycles. The highest BCUT2D eigenvalue weighted by molar-refractivity contribution is 5.88. The van der Waals surface area contributed by atoms with Crippen LogP contribution in [0.25, 0.3) is 0 Å². The van der Waals surface area contributed by atoms with Crippen molar-refractivity contribution in [3.8, 4) is 0 Å². The third kappa shape index (κ3) is 3.11. The van der Waals surface area contributed by atoms with Gasteiger partial charge in [-0.25, -0.2) is 0 Å². The number of piperidine rings is 1. The Morgan fingerprint density at radius 3 is 2.59 bits per heavy atom. The van der Waals surface area contributed by atoms with Crippen LogP contribution in [0.2, 0.25) is 0 Å². The smallest absolute Gasteiger partial charge is 0.245 e. The first-order chi connectivity index (χ1) is 10.1. The summed E-state index contributed by atoms with van der Waals surface area (Å²) in [5.41, 5.74) is 6.16. The lowest BCUT2D eigenvalue weighted by molar-refractivity contribution is -0.147. The maximum absolute atomic E-state index is 12.9. The van der Waals surface area contributed by atoms with Crippen molar-refractivity contribution in [2.75, 3.05) is 19.6 Å². The Morgan fingerprint density at radius 2 is 1.91 bits per heavy atom. The molecule has 2 N–H and O–H groups in total. The second-order valence-electron chi connectivity index (χ2n) is 6.86. The lowest BCUT2D eigenvalue weighted by Crippen LogP contribution is -2.52. The predicted octanol–water partition coefficient (Wildman–Crippen LogP) is 1.39. The Balaban J connectivity index is 0.00000176. The monoisotopic (exact) mass is 329 g/mol. The van der Waals surface area contributed by atoms with E-state index in [-0.39, 0.29) is 36.3 Å². The number of carbonyl (C=O) groups is 2. The normalized spacial score (nSPS) is 34.3. The number of halogens is 1. The molecule has 4 unspecified atom stereocenters. The minimum Gasteiger partial charge on any atom is -0.340 e. The van der Waals surface area contributed by atoms with E-state index in [1.54, 1.807) is 0 Å². The number of carbonyl (C=O) groups excluding carboxylic acids is 2. The van der Waals surface area contributed by atoms with Gasteiger partial charge in [0.2, 0.25) is 11.8 Å². The van der Waals surface area contributed by atoms with Gasteiger partial charge in [-0.2, -0.15) is 0 Å². The first-order valence-corrected chi connectivity index (χ1v) is 8.45. The van der Waals surface area contributed by atoms with Crippen LogP contribution in [0.1, 0.15) is 45.4 Å². The van der Waals surface area contributed by atoms with Crippen molar-refractivity contribution in [1.29, 1.82) is 0 Å². The number of hydrogen-bond donors (Lipinski definition) is 1. The van der Waals surface area contributed by atoms with Gasteiger partial charge in [-0.3, -0.25) is 9.59 Å². The third-order valence-electron chi connectivity index (χ3n) is 5.63. The largest absolute Gasteiger partial charge is 0.340 e. The molecule has 2 amide bonds. The molecule has 3 rings (SSSR count). The van der Waals surface area contributed by atoms with Crippen molar-refractivity contribution >= 4 is 24.2 Å². The summed E-state index contributed by atoms with van der Waals surface area (Å²) in [5.74, 6) is 1.35. The first-order valence-electron chi connectivity index (χ1n) is 8.45. The first kappa shape index (κ1) is 17.5. The highest BCUT2D eigenvalue weighted by atomic mass is 35.5. The number of rotatable bonds is 2. The second kappa shape index (κ2) is 7.18. The predicted molar refractivity (Wildman–Crippen MR) is 87.7 cm³/mol. The molecule has 0 spiro atoms. The lowest BCUT2D eigenvalue weighted by Gasteiger charge is -2.37. The molecular formula is C16H28ClN3O2. The number of fused-ring (bicyclic) bond motifs is 1. The molecule has 0 aromatic rings. The SMILES string of the molecule is CCC(=O)N1CCCCC1C(=O)N1CC2CCC(N)C2C1.Cl. The zero-order chi connectivity index (χ0) is 15.0. The zero-order valence-electron chi connectivity index (χ0n) is 13.4.